The first-order valence-electron chi connectivity index (χ1n) is 8.42. The topological polar surface area (TPSA) is 47.6 Å². The lowest BCUT2D eigenvalue weighted by atomic mass is 10.1. The molecule has 1 N–H and O–H groups in total. The summed E-state index contributed by atoms with van der Waals surface area (Å²) in [5, 5.41) is 2.82. The summed E-state index contributed by atoms with van der Waals surface area (Å²) in [6, 6.07) is 11.2. The summed E-state index contributed by atoms with van der Waals surface area (Å²) in [5.41, 5.74) is 1.32. The molecule has 0 spiro atoms. The second-order valence-electron chi connectivity index (χ2n) is 6.11. The third kappa shape index (κ3) is 5.78. The molecule has 0 aliphatic heterocycles. The third-order valence-corrected chi connectivity index (χ3v) is 3.44. The molecule has 0 saturated carbocycles. The van der Waals surface area contributed by atoms with E-state index in [0.717, 1.165) is 5.56 Å². The average molecular weight is 345 g/mol. The Morgan fingerprint density at radius 2 is 1.80 bits per heavy atom. The van der Waals surface area contributed by atoms with Gasteiger partial charge in [-0.1, -0.05) is 26.0 Å². The zero-order chi connectivity index (χ0) is 18.2. The minimum atomic E-state index is -0.298. The largest absolute Gasteiger partial charge is 0.490 e. The van der Waals surface area contributed by atoms with Crippen molar-refractivity contribution in [1.82, 2.24) is 5.32 Å². The summed E-state index contributed by atoms with van der Waals surface area (Å²) < 4.78 is 24.2. The maximum absolute atomic E-state index is 12.9. The van der Waals surface area contributed by atoms with Crippen molar-refractivity contribution in [3.63, 3.8) is 0 Å². The van der Waals surface area contributed by atoms with Crippen molar-refractivity contribution in [2.75, 3.05) is 13.2 Å². The number of carbonyl (C=O) groups is 1. The van der Waals surface area contributed by atoms with E-state index in [4.69, 9.17) is 9.47 Å². The number of ether oxygens (including phenoxy) is 2. The first-order chi connectivity index (χ1) is 12.0. The second-order valence-corrected chi connectivity index (χ2v) is 6.11. The van der Waals surface area contributed by atoms with Crippen LogP contribution in [0.3, 0.4) is 0 Å². The van der Waals surface area contributed by atoms with Crippen LogP contribution in [0.15, 0.2) is 42.5 Å². The molecule has 0 fully saturated rings. The summed E-state index contributed by atoms with van der Waals surface area (Å²) in [4.78, 5) is 12.3. The molecule has 2 aromatic rings. The van der Waals surface area contributed by atoms with Crippen molar-refractivity contribution in [2.45, 2.75) is 27.3 Å². The minimum Gasteiger partial charge on any atom is -0.490 e. The molecule has 0 atom stereocenters. The number of hydrogen-bond donors (Lipinski definition) is 1. The second kappa shape index (κ2) is 9.06. The normalized spacial score (nSPS) is 10.6. The number of amides is 1. The lowest BCUT2D eigenvalue weighted by Crippen LogP contribution is -2.22. The predicted molar refractivity (Wildman–Crippen MR) is 95.5 cm³/mol. The number of hydrogen-bond acceptors (Lipinski definition) is 3. The highest BCUT2D eigenvalue weighted by molar-refractivity contribution is 5.94. The molecule has 0 radical (unpaired) electrons. The van der Waals surface area contributed by atoms with E-state index in [1.807, 2.05) is 6.92 Å². The minimum absolute atomic E-state index is 0.222. The van der Waals surface area contributed by atoms with Crippen molar-refractivity contribution in [3.8, 4) is 11.5 Å². The summed E-state index contributed by atoms with van der Waals surface area (Å²) in [6.07, 6.45) is 0. The molecule has 25 heavy (non-hydrogen) atoms. The van der Waals surface area contributed by atoms with Gasteiger partial charge in [-0.05, 0) is 48.7 Å². The summed E-state index contributed by atoms with van der Waals surface area (Å²) in [6.45, 7) is 7.41. The highest BCUT2D eigenvalue weighted by Crippen LogP contribution is 2.29. The van der Waals surface area contributed by atoms with Crippen molar-refractivity contribution in [2.24, 2.45) is 5.92 Å². The first-order valence-corrected chi connectivity index (χ1v) is 8.42. The van der Waals surface area contributed by atoms with Gasteiger partial charge in [-0.3, -0.25) is 4.79 Å². The van der Waals surface area contributed by atoms with Crippen molar-refractivity contribution >= 4 is 5.91 Å². The molecule has 0 heterocycles. The zero-order valence-electron chi connectivity index (χ0n) is 14.8. The van der Waals surface area contributed by atoms with Crippen LogP contribution in [-0.4, -0.2) is 19.1 Å². The van der Waals surface area contributed by atoms with Gasteiger partial charge in [-0.2, -0.15) is 0 Å². The van der Waals surface area contributed by atoms with Crippen LogP contribution in [0.5, 0.6) is 11.5 Å². The highest BCUT2D eigenvalue weighted by Gasteiger charge is 2.12. The van der Waals surface area contributed by atoms with Crippen LogP contribution in [0.4, 0.5) is 4.39 Å². The number of nitrogens with one attached hydrogen (secondary N) is 1. The smallest absolute Gasteiger partial charge is 0.251 e. The van der Waals surface area contributed by atoms with Crippen LogP contribution in [0.2, 0.25) is 0 Å². The van der Waals surface area contributed by atoms with Crippen LogP contribution in [0, 0.1) is 11.7 Å². The van der Waals surface area contributed by atoms with Crippen molar-refractivity contribution in [3.05, 3.63) is 59.4 Å². The third-order valence-electron chi connectivity index (χ3n) is 3.44. The fourth-order valence-electron chi connectivity index (χ4n) is 2.18. The number of halogens is 1. The Balaban J connectivity index is 2.05. The van der Waals surface area contributed by atoms with Gasteiger partial charge in [0.2, 0.25) is 0 Å². The van der Waals surface area contributed by atoms with Gasteiger partial charge in [0.1, 0.15) is 5.82 Å². The Morgan fingerprint density at radius 3 is 2.44 bits per heavy atom. The van der Waals surface area contributed by atoms with Gasteiger partial charge >= 0.3 is 0 Å². The summed E-state index contributed by atoms with van der Waals surface area (Å²) in [7, 11) is 0. The molecule has 0 saturated heterocycles. The molecule has 4 nitrogen and oxygen atoms in total. The molecule has 0 aliphatic rings. The van der Waals surface area contributed by atoms with Gasteiger partial charge in [0.25, 0.3) is 5.91 Å². The molecule has 1 amide bonds. The van der Waals surface area contributed by atoms with E-state index < -0.39 is 0 Å². The Kier molecular flexibility index (Phi) is 6.81. The van der Waals surface area contributed by atoms with Gasteiger partial charge in [-0.25, -0.2) is 4.39 Å². The van der Waals surface area contributed by atoms with E-state index in [2.05, 4.69) is 19.2 Å². The number of benzene rings is 2. The molecular formula is C20H24FNO3. The Labute approximate surface area is 148 Å². The van der Waals surface area contributed by atoms with Gasteiger partial charge in [0.15, 0.2) is 11.5 Å². The Hall–Kier alpha value is -2.56. The zero-order valence-corrected chi connectivity index (χ0v) is 14.8. The Morgan fingerprint density at radius 1 is 1.08 bits per heavy atom. The molecule has 0 aliphatic carbocycles. The van der Waals surface area contributed by atoms with E-state index in [1.54, 1.807) is 30.3 Å². The van der Waals surface area contributed by atoms with E-state index in [1.165, 1.54) is 12.1 Å². The molecule has 5 heteroatoms. The Bertz CT molecular complexity index is 699. The molecule has 0 unspecified atom stereocenters. The maximum atomic E-state index is 12.9. The SMILES string of the molecule is CCOc1cc(C(=O)NCc2ccc(F)cc2)ccc1OCC(C)C. The van der Waals surface area contributed by atoms with Crippen LogP contribution >= 0.6 is 0 Å². The lowest BCUT2D eigenvalue weighted by Gasteiger charge is -2.14. The summed E-state index contributed by atoms with van der Waals surface area (Å²) >= 11 is 0. The van der Waals surface area contributed by atoms with Gasteiger partial charge in [-0.15, -0.1) is 0 Å². The van der Waals surface area contributed by atoms with Crippen LogP contribution in [0.1, 0.15) is 36.7 Å². The fraction of sp³-hybridized carbons (Fsp3) is 0.350. The van der Waals surface area contributed by atoms with Crippen LogP contribution < -0.4 is 14.8 Å². The first kappa shape index (κ1) is 18.8. The van der Waals surface area contributed by atoms with Gasteiger partial charge in [0.05, 0.1) is 13.2 Å². The molecular weight excluding hydrogens is 321 g/mol. The molecule has 0 bridgehead atoms. The summed E-state index contributed by atoms with van der Waals surface area (Å²) in [5.74, 6) is 1.06. The highest BCUT2D eigenvalue weighted by atomic mass is 19.1. The predicted octanol–water partition coefficient (Wildman–Crippen LogP) is 4.19. The van der Waals surface area contributed by atoms with Crippen molar-refractivity contribution < 1.29 is 18.7 Å². The quantitative estimate of drug-likeness (QED) is 0.780. The van der Waals surface area contributed by atoms with E-state index in [0.29, 0.717) is 42.7 Å². The van der Waals surface area contributed by atoms with E-state index in [9.17, 15) is 9.18 Å². The fourth-order valence-corrected chi connectivity index (χ4v) is 2.18. The average Bonchev–Trinajstić information content (AvgIpc) is 2.60. The monoisotopic (exact) mass is 345 g/mol. The number of rotatable bonds is 8. The van der Waals surface area contributed by atoms with Crippen LogP contribution in [-0.2, 0) is 6.54 Å². The van der Waals surface area contributed by atoms with E-state index in [-0.39, 0.29) is 11.7 Å². The van der Waals surface area contributed by atoms with Gasteiger partial charge < -0.3 is 14.8 Å². The molecule has 134 valence electrons. The molecule has 0 aromatic heterocycles. The van der Waals surface area contributed by atoms with Crippen LogP contribution in [0.25, 0.3) is 0 Å². The maximum Gasteiger partial charge on any atom is 0.251 e. The van der Waals surface area contributed by atoms with Gasteiger partial charge in [0, 0.05) is 12.1 Å². The standard InChI is InChI=1S/C20H24FNO3/c1-4-24-19-11-16(7-10-18(19)25-13-14(2)3)20(23)22-12-15-5-8-17(21)9-6-15/h5-11,14H,4,12-13H2,1-3H3,(H,22,23). The van der Waals surface area contributed by atoms with E-state index >= 15 is 0 Å². The molecule has 2 aromatic carbocycles. The van der Waals surface area contributed by atoms with Crippen molar-refractivity contribution in [1.29, 1.82) is 0 Å². The number of carbonyl (C=O) groups excluding carboxylic acids is 1. The molecule has 2 rings (SSSR count). The lowest BCUT2D eigenvalue weighted by molar-refractivity contribution is 0.0950.